The number of para-hydroxylation sites is 1. The van der Waals surface area contributed by atoms with E-state index in [1.807, 2.05) is 6.07 Å². The first-order valence-electron chi connectivity index (χ1n) is 8.42. The summed E-state index contributed by atoms with van der Waals surface area (Å²) in [5.41, 5.74) is 1.25. The smallest absolute Gasteiger partial charge is 0.163 e. The van der Waals surface area contributed by atoms with Crippen LogP contribution in [0.2, 0.25) is 0 Å². The van der Waals surface area contributed by atoms with E-state index in [0.29, 0.717) is 5.92 Å². The maximum atomic E-state index is 5.88. The first-order valence-corrected chi connectivity index (χ1v) is 8.42. The third-order valence-electron chi connectivity index (χ3n) is 3.97. The van der Waals surface area contributed by atoms with Gasteiger partial charge < -0.3 is 19.7 Å². The highest BCUT2D eigenvalue weighted by Crippen LogP contribution is 2.32. The molecule has 0 unspecified atom stereocenters. The molecule has 1 saturated heterocycles. The van der Waals surface area contributed by atoms with Gasteiger partial charge in [-0.25, -0.2) is 0 Å². The van der Waals surface area contributed by atoms with Crippen molar-refractivity contribution in [3.8, 4) is 11.5 Å². The molecule has 22 heavy (non-hydrogen) atoms. The van der Waals surface area contributed by atoms with Crippen LogP contribution in [0.25, 0.3) is 0 Å². The van der Waals surface area contributed by atoms with E-state index >= 15 is 0 Å². The lowest BCUT2D eigenvalue weighted by molar-refractivity contribution is 0.237. The number of rotatable bonds is 8. The Morgan fingerprint density at radius 1 is 1.23 bits per heavy atom. The molecule has 0 spiro atoms. The van der Waals surface area contributed by atoms with Crippen LogP contribution in [0.1, 0.15) is 25.8 Å². The van der Waals surface area contributed by atoms with Crippen molar-refractivity contribution in [1.29, 1.82) is 0 Å². The van der Waals surface area contributed by atoms with Gasteiger partial charge in [0.2, 0.25) is 0 Å². The fourth-order valence-corrected chi connectivity index (χ4v) is 2.79. The van der Waals surface area contributed by atoms with E-state index in [1.54, 1.807) is 7.11 Å². The van der Waals surface area contributed by atoms with Crippen LogP contribution in [-0.2, 0) is 6.42 Å². The van der Waals surface area contributed by atoms with Gasteiger partial charge >= 0.3 is 0 Å². The van der Waals surface area contributed by atoms with Crippen LogP contribution < -0.4 is 14.8 Å². The number of ether oxygens (including phenoxy) is 2. The Labute approximate surface area is 134 Å². The summed E-state index contributed by atoms with van der Waals surface area (Å²) in [7, 11) is 1.73. The molecule has 0 saturated carbocycles. The molecule has 1 heterocycles. The van der Waals surface area contributed by atoms with Gasteiger partial charge in [-0.05, 0) is 36.9 Å². The molecule has 0 aliphatic carbocycles. The number of hydrogen-bond acceptors (Lipinski definition) is 4. The predicted molar refractivity (Wildman–Crippen MR) is 91.0 cm³/mol. The third kappa shape index (κ3) is 5.18. The van der Waals surface area contributed by atoms with Gasteiger partial charge in [0, 0.05) is 26.2 Å². The van der Waals surface area contributed by atoms with Gasteiger partial charge in [0.05, 0.1) is 13.7 Å². The molecule has 4 heteroatoms. The maximum Gasteiger partial charge on any atom is 0.163 e. The van der Waals surface area contributed by atoms with Crippen molar-refractivity contribution in [3.63, 3.8) is 0 Å². The number of piperazine rings is 1. The molecule has 0 amide bonds. The monoisotopic (exact) mass is 306 g/mol. The summed E-state index contributed by atoms with van der Waals surface area (Å²) in [5.74, 6) is 2.29. The van der Waals surface area contributed by atoms with Crippen LogP contribution in [0.15, 0.2) is 18.2 Å². The zero-order chi connectivity index (χ0) is 15.8. The predicted octanol–water partition coefficient (Wildman–Crippen LogP) is 2.57. The molecule has 4 nitrogen and oxygen atoms in total. The summed E-state index contributed by atoms with van der Waals surface area (Å²) in [5, 5.41) is 3.39. The van der Waals surface area contributed by atoms with Gasteiger partial charge in [-0.3, -0.25) is 0 Å². The largest absolute Gasteiger partial charge is 0.493 e. The van der Waals surface area contributed by atoms with E-state index < -0.39 is 0 Å². The minimum absolute atomic E-state index is 0.515. The molecule has 1 N–H and O–H groups in total. The molecule has 1 aliphatic heterocycles. The topological polar surface area (TPSA) is 33.7 Å². The van der Waals surface area contributed by atoms with Crippen molar-refractivity contribution >= 4 is 0 Å². The molecule has 0 aromatic heterocycles. The van der Waals surface area contributed by atoms with E-state index in [0.717, 1.165) is 63.7 Å². The Morgan fingerprint density at radius 2 is 2.00 bits per heavy atom. The van der Waals surface area contributed by atoms with Crippen molar-refractivity contribution in [2.75, 3.05) is 46.4 Å². The second-order valence-electron chi connectivity index (χ2n) is 6.35. The summed E-state index contributed by atoms with van der Waals surface area (Å²) < 4.78 is 11.5. The van der Waals surface area contributed by atoms with Gasteiger partial charge in [0.15, 0.2) is 11.5 Å². The molecule has 1 aromatic carbocycles. The first kappa shape index (κ1) is 17.1. The van der Waals surface area contributed by atoms with Crippen LogP contribution in [0, 0.1) is 5.92 Å². The van der Waals surface area contributed by atoms with Gasteiger partial charge in [0.1, 0.15) is 0 Å². The average Bonchev–Trinajstić information content (AvgIpc) is 2.54. The highest BCUT2D eigenvalue weighted by atomic mass is 16.5. The number of nitrogens with one attached hydrogen (secondary N) is 1. The molecule has 0 atom stereocenters. The van der Waals surface area contributed by atoms with Crippen LogP contribution in [0.4, 0.5) is 0 Å². The molecule has 1 aliphatic rings. The van der Waals surface area contributed by atoms with E-state index in [2.05, 4.69) is 36.2 Å². The molecule has 1 aromatic rings. The second kappa shape index (κ2) is 9.01. The quantitative estimate of drug-likeness (QED) is 0.800. The van der Waals surface area contributed by atoms with Crippen molar-refractivity contribution in [1.82, 2.24) is 10.2 Å². The Morgan fingerprint density at radius 3 is 2.68 bits per heavy atom. The summed E-state index contributed by atoms with van der Waals surface area (Å²) in [6.07, 6.45) is 2.19. The lowest BCUT2D eigenvalue weighted by Crippen LogP contribution is -2.43. The van der Waals surface area contributed by atoms with Gasteiger partial charge in [-0.1, -0.05) is 26.0 Å². The van der Waals surface area contributed by atoms with Crippen LogP contribution in [0.3, 0.4) is 0 Å². The zero-order valence-corrected chi connectivity index (χ0v) is 14.2. The van der Waals surface area contributed by atoms with Crippen LogP contribution in [-0.4, -0.2) is 51.3 Å². The van der Waals surface area contributed by atoms with E-state index in [9.17, 15) is 0 Å². The number of aryl methyl sites for hydroxylation is 1. The number of benzene rings is 1. The maximum absolute atomic E-state index is 5.88. The zero-order valence-electron chi connectivity index (χ0n) is 14.2. The minimum Gasteiger partial charge on any atom is -0.493 e. The highest BCUT2D eigenvalue weighted by Gasteiger charge is 2.12. The fraction of sp³-hybridized carbons (Fsp3) is 0.667. The molecule has 124 valence electrons. The average molecular weight is 306 g/mol. The Kier molecular flexibility index (Phi) is 7.00. The minimum atomic E-state index is 0.515. The summed E-state index contributed by atoms with van der Waals surface area (Å²) >= 11 is 0. The summed E-state index contributed by atoms with van der Waals surface area (Å²) in [4.78, 5) is 2.53. The molecular formula is C18H30N2O2. The van der Waals surface area contributed by atoms with Crippen LogP contribution >= 0.6 is 0 Å². The van der Waals surface area contributed by atoms with Crippen molar-refractivity contribution < 1.29 is 9.47 Å². The van der Waals surface area contributed by atoms with E-state index in [4.69, 9.17) is 9.47 Å². The van der Waals surface area contributed by atoms with E-state index in [-0.39, 0.29) is 0 Å². The Bertz CT molecular complexity index is 443. The lowest BCUT2D eigenvalue weighted by atomic mass is 10.1. The second-order valence-corrected chi connectivity index (χ2v) is 6.35. The summed E-state index contributed by atoms with van der Waals surface area (Å²) in [6.45, 7) is 10.7. The third-order valence-corrected chi connectivity index (χ3v) is 3.97. The Hall–Kier alpha value is -1.26. The van der Waals surface area contributed by atoms with Crippen molar-refractivity contribution in [3.05, 3.63) is 23.8 Å². The lowest BCUT2D eigenvalue weighted by Gasteiger charge is -2.27. The van der Waals surface area contributed by atoms with Gasteiger partial charge in [-0.2, -0.15) is 0 Å². The fourth-order valence-electron chi connectivity index (χ4n) is 2.79. The van der Waals surface area contributed by atoms with E-state index in [1.165, 1.54) is 5.56 Å². The highest BCUT2D eigenvalue weighted by molar-refractivity contribution is 5.46. The number of hydrogen-bond donors (Lipinski definition) is 1. The first-order chi connectivity index (χ1) is 10.7. The normalized spacial score (nSPS) is 16.0. The molecule has 0 radical (unpaired) electrons. The van der Waals surface area contributed by atoms with Crippen LogP contribution in [0.5, 0.6) is 11.5 Å². The Balaban J connectivity index is 1.90. The molecule has 2 rings (SSSR count). The molecule has 1 fully saturated rings. The van der Waals surface area contributed by atoms with Crippen molar-refractivity contribution in [2.45, 2.75) is 26.7 Å². The van der Waals surface area contributed by atoms with Gasteiger partial charge in [0.25, 0.3) is 0 Å². The number of methoxy groups -OCH3 is 1. The number of nitrogens with zero attached hydrogens (tertiary/aromatic N) is 1. The summed E-state index contributed by atoms with van der Waals surface area (Å²) in [6, 6.07) is 6.22. The molecule has 0 bridgehead atoms. The standard InChI is InChI=1S/C18H30N2O2/c1-15(2)14-22-17-8-4-6-16(18(17)21-3)7-5-11-20-12-9-19-10-13-20/h4,6,8,15,19H,5,7,9-14H2,1-3H3. The van der Waals surface area contributed by atoms with Crippen molar-refractivity contribution in [2.24, 2.45) is 5.92 Å². The molecular weight excluding hydrogens is 276 g/mol. The SMILES string of the molecule is COc1c(CCCN2CCNCC2)cccc1OCC(C)C. The van der Waals surface area contributed by atoms with Gasteiger partial charge in [-0.15, -0.1) is 0 Å².